The van der Waals surface area contributed by atoms with Gasteiger partial charge in [0.2, 0.25) is 0 Å². The Bertz CT molecular complexity index is 1520. The van der Waals surface area contributed by atoms with E-state index in [2.05, 4.69) is 10.3 Å². The Hall–Kier alpha value is -4.19. The van der Waals surface area contributed by atoms with E-state index in [1.807, 2.05) is 42.5 Å². The van der Waals surface area contributed by atoms with Crippen LogP contribution in [0.25, 0.3) is 10.9 Å². The van der Waals surface area contributed by atoms with Gasteiger partial charge >= 0.3 is 13.7 Å². The summed E-state index contributed by atoms with van der Waals surface area (Å²) in [4.78, 5) is 16.2. The van der Waals surface area contributed by atoms with Crippen LogP contribution in [0.2, 0.25) is 5.02 Å². The third-order valence-electron chi connectivity index (χ3n) is 5.71. The average Bonchev–Trinajstić information content (AvgIpc) is 3.34. The van der Waals surface area contributed by atoms with Crippen molar-refractivity contribution in [1.82, 2.24) is 10.3 Å². The summed E-state index contributed by atoms with van der Waals surface area (Å²) in [6, 6.07) is 31.8. The number of benzene rings is 4. The maximum atomic E-state index is 14.7. The molecule has 192 valence electrons. The summed E-state index contributed by atoms with van der Waals surface area (Å²) in [6.07, 6.45) is 0.863. The van der Waals surface area contributed by atoms with Gasteiger partial charge in [-0.25, -0.2) is 9.36 Å². The van der Waals surface area contributed by atoms with Gasteiger partial charge in [0.05, 0.1) is 0 Å². The fourth-order valence-electron chi connectivity index (χ4n) is 3.92. The smallest absolute Gasteiger partial charge is 0.445 e. The topological polar surface area (TPSA) is 89.7 Å². The van der Waals surface area contributed by atoms with Crippen molar-refractivity contribution in [3.8, 4) is 11.5 Å². The second-order valence-corrected chi connectivity index (χ2v) is 10.8. The maximum absolute atomic E-state index is 14.7. The minimum atomic E-state index is -4.21. The summed E-state index contributed by atoms with van der Waals surface area (Å²) in [5, 5.41) is 3.88. The van der Waals surface area contributed by atoms with Gasteiger partial charge in [-0.1, -0.05) is 78.3 Å². The molecule has 0 aliphatic rings. The van der Waals surface area contributed by atoms with Gasteiger partial charge in [-0.2, -0.15) is 0 Å². The number of hydrogen-bond acceptors (Lipinski definition) is 5. The summed E-state index contributed by atoms with van der Waals surface area (Å²) in [7, 11) is -4.21. The molecule has 1 heterocycles. The number of aromatic nitrogens is 1. The lowest BCUT2D eigenvalue weighted by Gasteiger charge is -2.28. The molecule has 4 aromatic carbocycles. The second-order valence-electron chi connectivity index (χ2n) is 8.39. The molecule has 5 aromatic rings. The third kappa shape index (κ3) is 6.02. The summed E-state index contributed by atoms with van der Waals surface area (Å²) >= 11 is 6.29. The van der Waals surface area contributed by atoms with E-state index in [0.29, 0.717) is 27.5 Å². The van der Waals surface area contributed by atoms with Crippen molar-refractivity contribution in [3.63, 3.8) is 0 Å². The zero-order valence-electron chi connectivity index (χ0n) is 20.1. The molecular formula is C29H24ClN2O5P. The molecule has 9 heteroatoms. The maximum Gasteiger partial charge on any atom is 0.457 e. The number of halogens is 1. The minimum absolute atomic E-state index is 0.0303. The van der Waals surface area contributed by atoms with Gasteiger partial charge in [-0.05, 0) is 48.0 Å². The van der Waals surface area contributed by atoms with Gasteiger partial charge in [-0.3, -0.25) is 0 Å². The number of amides is 1. The summed E-state index contributed by atoms with van der Waals surface area (Å²) in [5.74, 6) is -0.624. The van der Waals surface area contributed by atoms with Crippen molar-refractivity contribution in [1.29, 1.82) is 0 Å². The number of ether oxygens (including phenoxy) is 1. The van der Waals surface area contributed by atoms with Crippen molar-refractivity contribution >= 4 is 36.2 Å². The number of para-hydroxylation sites is 2. The molecule has 7 nitrogen and oxygen atoms in total. The van der Waals surface area contributed by atoms with Crippen LogP contribution in [0.1, 0.15) is 16.9 Å². The van der Waals surface area contributed by atoms with Gasteiger partial charge in [0.25, 0.3) is 0 Å². The highest BCUT2D eigenvalue weighted by atomic mass is 35.5. The fourth-order valence-corrected chi connectivity index (χ4v) is 5.99. The molecule has 1 amide bonds. The van der Waals surface area contributed by atoms with E-state index in [9.17, 15) is 9.36 Å². The molecule has 1 atom stereocenters. The Morgan fingerprint density at radius 3 is 2.03 bits per heavy atom. The van der Waals surface area contributed by atoms with Gasteiger partial charge in [0, 0.05) is 27.7 Å². The number of nitrogens with one attached hydrogen (secondary N) is 2. The van der Waals surface area contributed by atoms with Crippen LogP contribution in [-0.2, 0) is 15.9 Å². The number of aromatic amines is 1. The van der Waals surface area contributed by atoms with Crippen molar-refractivity contribution in [2.45, 2.75) is 12.4 Å². The quantitative estimate of drug-likeness (QED) is 0.182. The molecule has 5 rings (SSSR count). The van der Waals surface area contributed by atoms with E-state index < -0.39 is 19.5 Å². The first-order chi connectivity index (χ1) is 18.5. The van der Waals surface area contributed by atoms with Crippen LogP contribution in [0.15, 0.2) is 115 Å². The van der Waals surface area contributed by atoms with E-state index in [0.717, 1.165) is 11.1 Å². The predicted octanol–water partition coefficient (Wildman–Crippen LogP) is 8.10. The number of H-pyrrole nitrogens is 1. The molecule has 0 fully saturated rings. The Kier molecular flexibility index (Phi) is 7.68. The molecule has 38 heavy (non-hydrogen) atoms. The minimum Gasteiger partial charge on any atom is -0.445 e. The van der Waals surface area contributed by atoms with Gasteiger partial charge < -0.3 is 24.1 Å². The fraction of sp³-hybridized carbons (Fsp3) is 0.0690. The Balaban J connectivity index is 1.55. The first-order valence-electron chi connectivity index (χ1n) is 11.8. The number of carbonyl (C=O) groups is 1. The highest BCUT2D eigenvalue weighted by Gasteiger charge is 2.43. The molecule has 1 unspecified atom stereocenters. The molecule has 0 spiro atoms. The van der Waals surface area contributed by atoms with E-state index in [4.69, 9.17) is 25.4 Å². The molecule has 0 aliphatic carbocycles. The van der Waals surface area contributed by atoms with Gasteiger partial charge in [-0.15, -0.1) is 0 Å². The largest absolute Gasteiger partial charge is 0.457 e. The predicted molar refractivity (Wildman–Crippen MR) is 148 cm³/mol. The Labute approximate surface area is 224 Å². The molecular weight excluding hydrogens is 523 g/mol. The normalized spacial score (nSPS) is 12.0. The first-order valence-corrected chi connectivity index (χ1v) is 13.8. The van der Waals surface area contributed by atoms with Crippen LogP contribution in [0.4, 0.5) is 4.79 Å². The van der Waals surface area contributed by atoms with Crippen LogP contribution >= 0.6 is 19.2 Å². The number of carbonyl (C=O) groups excluding carboxylic acids is 1. The van der Waals surface area contributed by atoms with E-state index in [1.54, 1.807) is 72.9 Å². The third-order valence-corrected chi connectivity index (χ3v) is 7.91. The monoisotopic (exact) mass is 546 g/mol. The van der Waals surface area contributed by atoms with Crippen molar-refractivity contribution < 1.29 is 23.1 Å². The molecule has 2 N–H and O–H groups in total. The van der Waals surface area contributed by atoms with Crippen molar-refractivity contribution in [2.24, 2.45) is 0 Å². The molecule has 0 saturated carbocycles. The summed E-state index contributed by atoms with van der Waals surface area (Å²) < 4.78 is 32.3. The molecule has 1 aromatic heterocycles. The zero-order valence-corrected chi connectivity index (χ0v) is 21.8. The summed E-state index contributed by atoms with van der Waals surface area (Å²) in [6.45, 7) is 0.0303. The van der Waals surface area contributed by atoms with Crippen LogP contribution in [0, 0.1) is 0 Å². The number of fused-ring (bicyclic) bond motifs is 1. The molecule has 0 saturated heterocycles. The lowest BCUT2D eigenvalue weighted by atomic mass is 10.2. The summed E-state index contributed by atoms with van der Waals surface area (Å²) in [5.41, 5.74) is 2.01. The lowest BCUT2D eigenvalue weighted by Crippen LogP contribution is -2.31. The van der Waals surface area contributed by atoms with Crippen LogP contribution < -0.4 is 14.4 Å². The van der Waals surface area contributed by atoms with Crippen LogP contribution in [-0.4, -0.2) is 11.1 Å². The highest BCUT2D eigenvalue weighted by molar-refractivity contribution is 7.55. The zero-order chi connectivity index (χ0) is 26.4. The van der Waals surface area contributed by atoms with Gasteiger partial charge in [0.1, 0.15) is 18.1 Å². The highest BCUT2D eigenvalue weighted by Crippen LogP contribution is 2.59. The second kappa shape index (κ2) is 11.5. The molecule has 0 aliphatic heterocycles. The van der Waals surface area contributed by atoms with Crippen molar-refractivity contribution in [3.05, 3.63) is 132 Å². The SMILES string of the molecule is O=C(NC(c1c[nH]c2ccc(Cl)cc12)P(=O)(Oc1ccccc1)Oc1ccccc1)OCc1ccccc1. The van der Waals surface area contributed by atoms with Crippen LogP contribution in [0.5, 0.6) is 11.5 Å². The average molecular weight is 547 g/mol. The first kappa shape index (κ1) is 25.5. The molecule has 0 radical (unpaired) electrons. The number of hydrogen-bond donors (Lipinski definition) is 2. The van der Waals surface area contributed by atoms with Crippen LogP contribution in [0.3, 0.4) is 0 Å². The standard InChI is InChI=1S/C29H24ClN2O5P/c30-22-16-17-27-25(18-22)26(19-31-27)28(32-29(33)35-20-21-10-4-1-5-11-21)38(34,36-23-12-6-2-7-13-23)37-24-14-8-3-9-15-24/h1-19,28,31H,20H2,(H,32,33). The Morgan fingerprint density at radius 1 is 0.842 bits per heavy atom. The number of alkyl carbamates (subject to hydrolysis) is 1. The lowest BCUT2D eigenvalue weighted by molar-refractivity contribution is 0.137. The van der Waals surface area contributed by atoms with E-state index in [-0.39, 0.29) is 6.61 Å². The van der Waals surface area contributed by atoms with Gasteiger partial charge in [0.15, 0.2) is 5.78 Å². The van der Waals surface area contributed by atoms with E-state index in [1.165, 1.54) is 0 Å². The number of rotatable bonds is 9. The molecule has 0 bridgehead atoms. The Morgan fingerprint density at radius 2 is 1.42 bits per heavy atom. The van der Waals surface area contributed by atoms with E-state index >= 15 is 0 Å². The van der Waals surface area contributed by atoms with Crippen molar-refractivity contribution in [2.75, 3.05) is 0 Å².